The van der Waals surface area contributed by atoms with Crippen LogP contribution in [0.4, 0.5) is 13.9 Å². The lowest BCUT2D eigenvalue weighted by molar-refractivity contribution is 0.0687. The van der Waals surface area contributed by atoms with E-state index < -0.39 is 30.4 Å². The number of carboxylic acid groups (broad SMARTS) is 1. The van der Waals surface area contributed by atoms with Crippen molar-refractivity contribution >= 4 is 28.2 Å². The topological polar surface area (TPSA) is 79.3 Å². The number of alkyl halides is 2. The van der Waals surface area contributed by atoms with Gasteiger partial charge in [-0.3, -0.25) is 4.79 Å². The Kier molecular flexibility index (Phi) is 3.88. The maximum Gasteiger partial charge on any atom is 0.356 e. The molecule has 0 aliphatic carbocycles. The monoisotopic (exact) mass is 250 g/mol. The predicted octanol–water partition coefficient (Wildman–Crippen LogP) is 1.72. The normalized spacial score (nSPS) is 10.5. The zero-order chi connectivity index (χ0) is 12.3. The summed E-state index contributed by atoms with van der Waals surface area (Å²) in [6, 6.07) is 0. The van der Waals surface area contributed by atoms with Gasteiger partial charge < -0.3 is 10.4 Å². The number of halogens is 2. The third-order valence-corrected chi connectivity index (χ3v) is 2.67. The van der Waals surface area contributed by atoms with E-state index in [0.717, 1.165) is 11.3 Å². The number of rotatable bonds is 5. The Morgan fingerprint density at radius 1 is 1.56 bits per heavy atom. The molecule has 0 atom stereocenters. The molecule has 1 aromatic heterocycles. The van der Waals surface area contributed by atoms with Crippen LogP contribution in [0.1, 0.15) is 27.1 Å². The van der Waals surface area contributed by atoms with E-state index in [0.29, 0.717) is 0 Å². The van der Waals surface area contributed by atoms with E-state index in [1.807, 2.05) is 0 Å². The largest absolute Gasteiger partial charge is 0.476 e. The van der Waals surface area contributed by atoms with E-state index in [-0.39, 0.29) is 10.0 Å². The minimum absolute atomic E-state index is 0.00269. The second kappa shape index (κ2) is 4.97. The molecule has 0 spiro atoms. The maximum atomic E-state index is 11.9. The molecule has 0 amide bonds. The van der Waals surface area contributed by atoms with Crippen LogP contribution in [0.3, 0.4) is 0 Å². The molecule has 0 aromatic carbocycles. The van der Waals surface area contributed by atoms with Gasteiger partial charge in [-0.15, -0.1) is 0 Å². The number of anilines is 1. The predicted molar refractivity (Wildman–Crippen MR) is 53.6 cm³/mol. The zero-order valence-electron chi connectivity index (χ0n) is 8.16. The number of ketones is 1. The number of thiazole rings is 1. The Bertz CT molecular complexity index is 388. The molecule has 5 nitrogen and oxygen atoms in total. The summed E-state index contributed by atoms with van der Waals surface area (Å²) in [6.45, 7) is 0.556. The molecule has 0 bridgehead atoms. The molecule has 0 unspecified atom stereocenters. The van der Waals surface area contributed by atoms with Crippen LogP contribution in [0.15, 0.2) is 0 Å². The van der Waals surface area contributed by atoms with Gasteiger partial charge in [0.05, 0.1) is 6.54 Å². The molecular formula is C8H8F2N2O3S. The van der Waals surface area contributed by atoms with Crippen LogP contribution in [0, 0.1) is 0 Å². The van der Waals surface area contributed by atoms with Gasteiger partial charge >= 0.3 is 5.97 Å². The lowest BCUT2D eigenvalue weighted by Crippen LogP contribution is -2.10. The molecule has 0 saturated carbocycles. The first kappa shape index (κ1) is 12.5. The molecule has 2 N–H and O–H groups in total. The van der Waals surface area contributed by atoms with Crippen LogP contribution in [-0.2, 0) is 0 Å². The second-order valence-electron chi connectivity index (χ2n) is 2.83. The van der Waals surface area contributed by atoms with Gasteiger partial charge in [-0.25, -0.2) is 18.6 Å². The second-order valence-corrected chi connectivity index (χ2v) is 3.83. The van der Waals surface area contributed by atoms with Crippen molar-refractivity contribution in [3.8, 4) is 0 Å². The average molecular weight is 250 g/mol. The van der Waals surface area contributed by atoms with Crippen molar-refractivity contribution in [2.75, 3.05) is 11.9 Å². The van der Waals surface area contributed by atoms with E-state index in [4.69, 9.17) is 5.11 Å². The van der Waals surface area contributed by atoms with E-state index >= 15 is 0 Å². The highest BCUT2D eigenvalue weighted by molar-refractivity contribution is 7.17. The summed E-state index contributed by atoms with van der Waals surface area (Å²) in [5, 5.41) is 11.0. The van der Waals surface area contributed by atoms with Crippen LogP contribution in [-0.4, -0.2) is 34.8 Å². The summed E-state index contributed by atoms with van der Waals surface area (Å²) in [4.78, 5) is 25.3. The minimum Gasteiger partial charge on any atom is -0.476 e. The van der Waals surface area contributed by atoms with Gasteiger partial charge in [0, 0.05) is 6.92 Å². The van der Waals surface area contributed by atoms with E-state index in [9.17, 15) is 18.4 Å². The minimum atomic E-state index is -2.57. The summed E-state index contributed by atoms with van der Waals surface area (Å²) in [7, 11) is 0. The number of carbonyl (C=O) groups excluding carboxylic acids is 1. The molecule has 8 heteroatoms. The van der Waals surface area contributed by atoms with Crippen molar-refractivity contribution < 1.29 is 23.5 Å². The Hall–Kier alpha value is -1.57. The highest BCUT2D eigenvalue weighted by Gasteiger charge is 2.20. The fourth-order valence-electron chi connectivity index (χ4n) is 0.944. The summed E-state index contributed by atoms with van der Waals surface area (Å²) < 4.78 is 23.8. The van der Waals surface area contributed by atoms with Crippen molar-refractivity contribution in [2.24, 2.45) is 0 Å². The molecule has 0 radical (unpaired) electrons. The first-order valence-corrected chi connectivity index (χ1v) is 5.00. The number of carboxylic acids is 1. The Morgan fingerprint density at radius 2 is 2.19 bits per heavy atom. The molecule has 0 fully saturated rings. The van der Waals surface area contributed by atoms with Crippen molar-refractivity contribution in [1.29, 1.82) is 0 Å². The third-order valence-electron chi connectivity index (χ3n) is 1.56. The fourth-order valence-corrected chi connectivity index (χ4v) is 1.80. The number of hydrogen-bond donors (Lipinski definition) is 2. The van der Waals surface area contributed by atoms with Gasteiger partial charge in [0.15, 0.2) is 16.6 Å². The molecule has 88 valence electrons. The van der Waals surface area contributed by atoms with Crippen LogP contribution in [0.5, 0.6) is 0 Å². The maximum absolute atomic E-state index is 11.9. The van der Waals surface area contributed by atoms with Gasteiger partial charge in [0.2, 0.25) is 0 Å². The number of nitrogens with one attached hydrogen (secondary N) is 1. The van der Waals surface area contributed by atoms with E-state index in [2.05, 4.69) is 10.3 Å². The molecule has 0 aliphatic rings. The van der Waals surface area contributed by atoms with Gasteiger partial charge in [0.25, 0.3) is 6.43 Å². The smallest absolute Gasteiger partial charge is 0.356 e. The highest BCUT2D eigenvalue weighted by atomic mass is 32.1. The van der Waals surface area contributed by atoms with Crippen molar-refractivity contribution in [2.45, 2.75) is 13.3 Å². The van der Waals surface area contributed by atoms with E-state index in [1.165, 1.54) is 6.92 Å². The first-order valence-electron chi connectivity index (χ1n) is 4.19. The van der Waals surface area contributed by atoms with Crippen LogP contribution >= 0.6 is 11.3 Å². The summed E-state index contributed by atoms with van der Waals surface area (Å²) in [5.74, 6) is -1.81. The van der Waals surface area contributed by atoms with Crippen molar-refractivity contribution in [1.82, 2.24) is 4.98 Å². The number of hydrogen-bond acceptors (Lipinski definition) is 5. The fraction of sp³-hybridized carbons (Fsp3) is 0.375. The number of carbonyl (C=O) groups is 2. The van der Waals surface area contributed by atoms with E-state index in [1.54, 1.807) is 0 Å². The molecule has 1 aromatic rings. The van der Waals surface area contributed by atoms with Crippen molar-refractivity contribution in [3.63, 3.8) is 0 Å². The van der Waals surface area contributed by atoms with Crippen LogP contribution < -0.4 is 5.32 Å². The zero-order valence-corrected chi connectivity index (χ0v) is 8.98. The Labute approximate surface area is 93.1 Å². The van der Waals surface area contributed by atoms with Gasteiger partial charge in [-0.05, 0) is 0 Å². The highest BCUT2D eigenvalue weighted by Crippen LogP contribution is 2.23. The average Bonchev–Trinajstić information content (AvgIpc) is 2.58. The van der Waals surface area contributed by atoms with Gasteiger partial charge in [0.1, 0.15) is 4.88 Å². The Morgan fingerprint density at radius 3 is 2.56 bits per heavy atom. The number of aromatic carboxylic acids is 1. The molecular weight excluding hydrogens is 242 g/mol. The molecule has 1 rings (SSSR count). The number of aromatic nitrogens is 1. The standard InChI is InChI=1S/C8H8F2N2O3S/c1-3(13)6-5(7(14)15)12-8(16-6)11-2-4(9)10/h4H,2H2,1H3,(H,11,12)(H,14,15). The first-order chi connectivity index (χ1) is 7.41. The molecule has 16 heavy (non-hydrogen) atoms. The quantitative estimate of drug-likeness (QED) is 0.778. The van der Waals surface area contributed by atoms with Crippen molar-refractivity contribution in [3.05, 3.63) is 10.6 Å². The summed E-state index contributed by atoms with van der Waals surface area (Å²) >= 11 is 0.752. The molecule has 0 aliphatic heterocycles. The summed E-state index contributed by atoms with van der Waals surface area (Å²) in [6.07, 6.45) is -2.57. The van der Waals surface area contributed by atoms with Crippen LogP contribution in [0.25, 0.3) is 0 Å². The van der Waals surface area contributed by atoms with Crippen LogP contribution in [0.2, 0.25) is 0 Å². The number of Topliss-reactive ketones (excluding diaryl/α,β-unsaturated/α-hetero) is 1. The van der Waals surface area contributed by atoms with Gasteiger partial charge in [-0.1, -0.05) is 11.3 Å². The third kappa shape index (κ3) is 2.96. The molecule has 0 saturated heterocycles. The molecule has 1 heterocycles. The lowest BCUT2D eigenvalue weighted by atomic mass is 10.3. The van der Waals surface area contributed by atoms with Gasteiger partial charge in [-0.2, -0.15) is 0 Å². The lowest BCUT2D eigenvalue weighted by Gasteiger charge is -1.98. The SMILES string of the molecule is CC(=O)c1sc(NCC(F)F)nc1C(=O)O. The summed E-state index contributed by atoms with van der Waals surface area (Å²) in [5.41, 5.74) is -0.408. The number of nitrogens with zero attached hydrogens (tertiary/aromatic N) is 1. The Balaban J connectivity index is 2.93.